The lowest BCUT2D eigenvalue weighted by Crippen LogP contribution is -2.58. The van der Waals surface area contributed by atoms with Crippen molar-refractivity contribution in [1.82, 2.24) is 4.90 Å². The van der Waals surface area contributed by atoms with Crippen molar-refractivity contribution in [2.24, 2.45) is 5.92 Å². The molecule has 2 aliphatic rings. The molecular weight excluding hydrogens is 422 g/mol. The Kier molecular flexibility index (Phi) is 6.76. The first-order valence-corrected chi connectivity index (χ1v) is 11.2. The monoisotopic (exact) mass is 451 g/mol. The van der Waals surface area contributed by atoms with E-state index in [4.69, 9.17) is 9.84 Å². The number of ether oxygens (including phenoxy) is 1. The molecular formula is C25H29N3O5. The second kappa shape index (κ2) is 9.72. The van der Waals surface area contributed by atoms with Gasteiger partial charge < -0.3 is 20.1 Å². The van der Waals surface area contributed by atoms with Crippen LogP contribution in [-0.2, 0) is 14.3 Å². The summed E-state index contributed by atoms with van der Waals surface area (Å²) in [6.07, 6.45) is 1.74. The summed E-state index contributed by atoms with van der Waals surface area (Å²) < 4.78 is 6.06. The van der Waals surface area contributed by atoms with Gasteiger partial charge in [0.05, 0.1) is 24.3 Å². The van der Waals surface area contributed by atoms with Crippen molar-refractivity contribution in [3.05, 3.63) is 60.2 Å². The van der Waals surface area contributed by atoms with Gasteiger partial charge in [0.1, 0.15) is 6.61 Å². The van der Waals surface area contributed by atoms with Crippen LogP contribution in [0.4, 0.5) is 11.4 Å². The molecule has 0 saturated carbocycles. The number of morpholine rings is 1. The Morgan fingerprint density at radius 1 is 1.12 bits per heavy atom. The predicted molar refractivity (Wildman–Crippen MR) is 124 cm³/mol. The largest absolute Gasteiger partial charge is 0.478 e. The van der Waals surface area contributed by atoms with E-state index in [0.717, 1.165) is 31.6 Å². The highest BCUT2D eigenvalue weighted by molar-refractivity contribution is 5.95. The molecule has 1 atom stereocenters. The summed E-state index contributed by atoms with van der Waals surface area (Å²) in [7, 11) is 0. The number of para-hydroxylation sites is 1. The summed E-state index contributed by atoms with van der Waals surface area (Å²) in [6, 6.07) is 15.9. The Labute approximate surface area is 193 Å². The van der Waals surface area contributed by atoms with Crippen molar-refractivity contribution in [3.8, 4) is 0 Å². The minimum atomic E-state index is -1.03. The number of hydrogen-bond acceptors (Lipinski definition) is 5. The zero-order chi connectivity index (χ0) is 23.4. The van der Waals surface area contributed by atoms with Gasteiger partial charge in [-0.15, -0.1) is 0 Å². The molecule has 4 rings (SSSR count). The van der Waals surface area contributed by atoms with Gasteiger partial charge in [-0.2, -0.15) is 0 Å². The van der Waals surface area contributed by atoms with E-state index in [1.54, 1.807) is 12.1 Å². The van der Waals surface area contributed by atoms with E-state index in [1.807, 2.05) is 35.2 Å². The van der Waals surface area contributed by atoms with Crippen molar-refractivity contribution in [1.29, 1.82) is 0 Å². The molecule has 2 saturated heterocycles. The number of carbonyl (C=O) groups is 3. The molecule has 0 unspecified atom stereocenters. The first-order chi connectivity index (χ1) is 15.8. The maximum absolute atomic E-state index is 12.5. The van der Waals surface area contributed by atoms with Gasteiger partial charge in [-0.05, 0) is 69.1 Å². The standard InChI is InChI=1S/C25H29N3O5/c1-25(17-28(23(30)16-33-25)21-8-3-2-4-9-21)19-10-12-27(13-11-19)15-22(29)26-20-7-5-6-18(14-20)24(31)32/h2-9,14,19H,10-13,15-17H2,1H3,(H,26,29)(H,31,32)/t25-/m1/s1. The van der Waals surface area contributed by atoms with Crippen LogP contribution in [0.25, 0.3) is 0 Å². The average molecular weight is 452 g/mol. The minimum Gasteiger partial charge on any atom is -0.478 e. The summed E-state index contributed by atoms with van der Waals surface area (Å²) in [5.74, 6) is -0.945. The summed E-state index contributed by atoms with van der Waals surface area (Å²) >= 11 is 0. The zero-order valence-corrected chi connectivity index (χ0v) is 18.7. The average Bonchev–Trinajstić information content (AvgIpc) is 2.82. The van der Waals surface area contributed by atoms with Crippen molar-refractivity contribution >= 4 is 29.2 Å². The highest BCUT2D eigenvalue weighted by Crippen LogP contribution is 2.35. The Hall–Kier alpha value is -3.23. The van der Waals surface area contributed by atoms with Gasteiger partial charge in [0.25, 0.3) is 5.91 Å². The molecule has 2 aromatic carbocycles. The molecule has 2 aliphatic heterocycles. The van der Waals surface area contributed by atoms with E-state index < -0.39 is 11.6 Å². The number of carbonyl (C=O) groups excluding carboxylic acids is 2. The van der Waals surface area contributed by atoms with Gasteiger partial charge >= 0.3 is 5.97 Å². The van der Waals surface area contributed by atoms with Crippen LogP contribution in [-0.4, -0.2) is 66.2 Å². The Morgan fingerprint density at radius 2 is 1.85 bits per heavy atom. The fourth-order valence-corrected chi connectivity index (χ4v) is 4.68. The lowest BCUT2D eigenvalue weighted by atomic mass is 9.80. The van der Waals surface area contributed by atoms with E-state index in [1.165, 1.54) is 12.1 Å². The SMILES string of the molecule is C[C@]1(C2CCN(CC(=O)Nc3cccc(C(=O)O)c3)CC2)CN(c2ccccc2)C(=O)CO1. The van der Waals surface area contributed by atoms with E-state index in [9.17, 15) is 14.4 Å². The van der Waals surface area contributed by atoms with Gasteiger partial charge in [-0.25, -0.2) is 4.79 Å². The van der Waals surface area contributed by atoms with Gasteiger partial charge in [-0.1, -0.05) is 24.3 Å². The third kappa shape index (κ3) is 5.40. The Morgan fingerprint density at radius 3 is 2.55 bits per heavy atom. The van der Waals surface area contributed by atoms with Crippen LogP contribution in [0.3, 0.4) is 0 Å². The summed E-state index contributed by atoms with van der Waals surface area (Å²) in [5.41, 5.74) is 1.06. The number of carboxylic acid groups (broad SMARTS) is 1. The van der Waals surface area contributed by atoms with Crippen molar-refractivity contribution in [2.45, 2.75) is 25.4 Å². The Balaban J connectivity index is 1.31. The number of amides is 2. The smallest absolute Gasteiger partial charge is 0.335 e. The normalized spacial score (nSPS) is 22.2. The maximum atomic E-state index is 12.5. The van der Waals surface area contributed by atoms with E-state index in [0.29, 0.717) is 12.2 Å². The number of rotatable bonds is 6. The molecule has 174 valence electrons. The van der Waals surface area contributed by atoms with E-state index in [-0.39, 0.29) is 36.4 Å². The maximum Gasteiger partial charge on any atom is 0.335 e. The minimum absolute atomic E-state index is 0.0280. The molecule has 2 fully saturated rings. The predicted octanol–water partition coefficient (Wildman–Crippen LogP) is 2.86. The highest BCUT2D eigenvalue weighted by Gasteiger charge is 2.43. The van der Waals surface area contributed by atoms with E-state index in [2.05, 4.69) is 17.1 Å². The van der Waals surface area contributed by atoms with Crippen LogP contribution < -0.4 is 10.2 Å². The first-order valence-electron chi connectivity index (χ1n) is 11.2. The van der Waals surface area contributed by atoms with Crippen LogP contribution in [0.2, 0.25) is 0 Å². The summed E-state index contributed by atoms with van der Waals surface area (Å²) in [5, 5.41) is 11.9. The number of aromatic carboxylic acids is 1. The molecule has 2 heterocycles. The molecule has 33 heavy (non-hydrogen) atoms. The lowest BCUT2D eigenvalue weighted by Gasteiger charge is -2.47. The Bertz CT molecular complexity index is 1020. The quantitative estimate of drug-likeness (QED) is 0.701. The number of nitrogens with zero attached hydrogens (tertiary/aromatic N) is 2. The number of piperidine rings is 1. The summed E-state index contributed by atoms with van der Waals surface area (Å²) in [6.45, 7) is 4.43. The van der Waals surface area contributed by atoms with Gasteiger partial charge in [0, 0.05) is 11.4 Å². The molecule has 2 aromatic rings. The number of carboxylic acids is 1. The molecule has 0 aromatic heterocycles. The number of anilines is 2. The third-order valence-corrected chi connectivity index (χ3v) is 6.58. The van der Waals surface area contributed by atoms with Crippen LogP contribution in [0.1, 0.15) is 30.1 Å². The molecule has 2 amide bonds. The van der Waals surface area contributed by atoms with E-state index >= 15 is 0 Å². The molecule has 0 spiro atoms. The van der Waals surface area contributed by atoms with Gasteiger partial charge in [0.2, 0.25) is 5.91 Å². The van der Waals surface area contributed by atoms with Crippen LogP contribution >= 0.6 is 0 Å². The van der Waals surface area contributed by atoms with Crippen LogP contribution in [0.15, 0.2) is 54.6 Å². The number of benzene rings is 2. The topological polar surface area (TPSA) is 99.2 Å². The molecule has 8 heteroatoms. The van der Waals surface area contributed by atoms with Crippen LogP contribution in [0.5, 0.6) is 0 Å². The first kappa shape index (κ1) is 22.9. The van der Waals surface area contributed by atoms with Gasteiger partial charge in [0.15, 0.2) is 0 Å². The second-order valence-electron chi connectivity index (χ2n) is 8.90. The third-order valence-electron chi connectivity index (χ3n) is 6.58. The number of likely N-dealkylation sites (tertiary alicyclic amines) is 1. The lowest BCUT2D eigenvalue weighted by molar-refractivity contribution is -0.146. The van der Waals surface area contributed by atoms with Crippen molar-refractivity contribution in [2.75, 3.05) is 43.0 Å². The molecule has 0 aliphatic carbocycles. The molecule has 0 radical (unpaired) electrons. The van der Waals surface area contributed by atoms with Crippen molar-refractivity contribution in [3.63, 3.8) is 0 Å². The van der Waals surface area contributed by atoms with Crippen LogP contribution in [0, 0.1) is 5.92 Å². The fraction of sp³-hybridized carbons (Fsp3) is 0.400. The zero-order valence-electron chi connectivity index (χ0n) is 18.7. The second-order valence-corrected chi connectivity index (χ2v) is 8.90. The highest BCUT2D eigenvalue weighted by atomic mass is 16.5. The van der Waals surface area contributed by atoms with Crippen molar-refractivity contribution < 1.29 is 24.2 Å². The molecule has 0 bridgehead atoms. The number of nitrogens with one attached hydrogen (secondary N) is 1. The van der Waals surface area contributed by atoms with Gasteiger partial charge in [-0.3, -0.25) is 14.5 Å². The number of hydrogen-bond donors (Lipinski definition) is 2. The summed E-state index contributed by atoms with van der Waals surface area (Å²) in [4.78, 5) is 40.0. The fourth-order valence-electron chi connectivity index (χ4n) is 4.68. The molecule has 8 nitrogen and oxygen atoms in total. The molecule has 2 N–H and O–H groups in total.